The molecule has 0 aliphatic rings. The van der Waals surface area contributed by atoms with Gasteiger partial charge in [-0.2, -0.15) is 0 Å². The molecular weight excluding hydrogens is 503 g/mol. The first kappa shape index (κ1) is 21.2. The highest BCUT2D eigenvalue weighted by atomic mass is 127. The molecule has 11 heteroatoms. The molecule has 0 aliphatic carbocycles. The van der Waals surface area contributed by atoms with Gasteiger partial charge in [0.25, 0.3) is 5.56 Å². The Kier molecular flexibility index (Phi) is 6.19. The van der Waals surface area contributed by atoms with Crippen molar-refractivity contribution in [3.63, 3.8) is 0 Å². The lowest BCUT2D eigenvalue weighted by atomic mass is 10.2. The minimum atomic E-state index is -0.974. The molecular formula is C18H16F2IN3O5. The number of aliphatic hydroxyl groups excluding tert-OH is 1. The summed E-state index contributed by atoms with van der Waals surface area (Å²) >= 11 is 1.94. The smallest absolute Gasteiger partial charge is 0.312 e. The number of pyridine rings is 1. The predicted octanol–water partition coefficient (Wildman–Crippen LogP) is 2.80. The lowest BCUT2D eigenvalue weighted by molar-refractivity contribution is -0.00800. The highest BCUT2D eigenvalue weighted by Crippen LogP contribution is 2.34. The number of amides is 1. The molecule has 0 saturated carbocycles. The minimum absolute atomic E-state index is 0.0104. The van der Waals surface area contributed by atoms with Crippen LogP contribution in [0.4, 0.5) is 20.2 Å². The van der Waals surface area contributed by atoms with Crippen molar-refractivity contribution in [2.24, 2.45) is 7.05 Å². The molecule has 0 radical (unpaired) electrons. The zero-order valence-corrected chi connectivity index (χ0v) is 17.4. The fraction of sp³-hybridized carbons (Fsp3) is 0.222. The number of benzene rings is 1. The Balaban J connectivity index is 2.13. The number of halogens is 3. The van der Waals surface area contributed by atoms with Gasteiger partial charge in [0.15, 0.2) is 11.4 Å². The molecule has 1 atom stereocenters. The van der Waals surface area contributed by atoms with E-state index < -0.39 is 35.0 Å². The van der Waals surface area contributed by atoms with Crippen LogP contribution < -0.4 is 16.4 Å². The van der Waals surface area contributed by atoms with E-state index in [0.29, 0.717) is 9.64 Å². The van der Waals surface area contributed by atoms with Gasteiger partial charge in [-0.3, -0.25) is 14.4 Å². The average Bonchev–Trinajstić information content (AvgIpc) is 3.02. The van der Waals surface area contributed by atoms with E-state index in [-0.39, 0.29) is 29.1 Å². The normalized spacial score (nSPS) is 12.2. The summed E-state index contributed by atoms with van der Waals surface area (Å²) in [6.45, 7) is 1.25. The van der Waals surface area contributed by atoms with Crippen molar-refractivity contribution in [1.29, 1.82) is 0 Å². The second-order valence-electron chi connectivity index (χ2n) is 6.21. The number of hydrogen-bond donors (Lipinski definition) is 3. The molecule has 2 heterocycles. The number of aromatic nitrogens is 1. The first-order valence-corrected chi connectivity index (χ1v) is 9.41. The van der Waals surface area contributed by atoms with Gasteiger partial charge in [-0.1, -0.05) is 0 Å². The number of fused-ring (bicyclic) bond motifs is 1. The summed E-state index contributed by atoms with van der Waals surface area (Å²) < 4.78 is 35.7. The fourth-order valence-electron chi connectivity index (χ4n) is 2.56. The number of aliphatic hydroxyl groups is 1. The van der Waals surface area contributed by atoms with Gasteiger partial charge in [0.2, 0.25) is 5.76 Å². The van der Waals surface area contributed by atoms with E-state index in [4.69, 9.17) is 9.25 Å². The van der Waals surface area contributed by atoms with Crippen molar-refractivity contribution in [3.8, 4) is 0 Å². The summed E-state index contributed by atoms with van der Waals surface area (Å²) in [4.78, 5) is 29.4. The van der Waals surface area contributed by atoms with E-state index >= 15 is 0 Å². The van der Waals surface area contributed by atoms with Crippen LogP contribution in [0, 0.1) is 15.2 Å². The van der Waals surface area contributed by atoms with Gasteiger partial charge in [-0.05, 0) is 47.7 Å². The van der Waals surface area contributed by atoms with Crippen LogP contribution >= 0.6 is 22.6 Å². The van der Waals surface area contributed by atoms with Crippen LogP contribution in [0.1, 0.15) is 17.5 Å². The zero-order valence-electron chi connectivity index (χ0n) is 15.3. The first-order valence-electron chi connectivity index (χ1n) is 8.33. The third-order valence-corrected chi connectivity index (χ3v) is 4.57. The summed E-state index contributed by atoms with van der Waals surface area (Å²) in [7, 11) is 1.36. The lowest BCUT2D eigenvalue weighted by Crippen LogP contribution is -2.27. The molecule has 8 nitrogen and oxygen atoms in total. The molecule has 29 heavy (non-hydrogen) atoms. The summed E-state index contributed by atoms with van der Waals surface area (Å²) in [5.74, 6) is -2.94. The number of furan rings is 1. The number of nitrogens with zero attached hydrogens (tertiary/aromatic N) is 1. The molecule has 0 unspecified atom stereocenters. The molecule has 3 rings (SSSR count). The quantitative estimate of drug-likeness (QED) is 0.342. The van der Waals surface area contributed by atoms with Crippen LogP contribution in [0.25, 0.3) is 11.1 Å². The number of hydroxylamine groups is 1. The Labute approximate surface area is 176 Å². The highest BCUT2D eigenvalue weighted by molar-refractivity contribution is 14.1. The Morgan fingerprint density at radius 1 is 1.34 bits per heavy atom. The van der Waals surface area contributed by atoms with Crippen LogP contribution in [0.3, 0.4) is 0 Å². The van der Waals surface area contributed by atoms with Crippen molar-refractivity contribution >= 4 is 51.0 Å². The monoisotopic (exact) mass is 519 g/mol. The van der Waals surface area contributed by atoms with E-state index in [1.54, 1.807) is 6.07 Å². The van der Waals surface area contributed by atoms with E-state index in [1.165, 1.54) is 26.1 Å². The van der Waals surface area contributed by atoms with E-state index in [2.05, 4.69) is 10.8 Å². The third kappa shape index (κ3) is 4.41. The summed E-state index contributed by atoms with van der Waals surface area (Å²) in [6.07, 6.45) is -0.845. The standard InChI is InChI=1S/C18H16F2IN3O5/c1-8(25)7-28-23-18(27)17-14(22-12-4-3-9(21)5-10(12)19)15-16(29-17)11(20)6-13(26)24(15)2/h3-6,8,22,25H,7H2,1-2H3,(H,23,27)/t8-/m0/s1. The van der Waals surface area contributed by atoms with Crippen molar-refractivity contribution in [2.45, 2.75) is 13.0 Å². The van der Waals surface area contributed by atoms with Crippen LogP contribution in [0.2, 0.25) is 0 Å². The number of anilines is 2. The van der Waals surface area contributed by atoms with Crippen LogP contribution in [-0.2, 0) is 11.9 Å². The maximum Gasteiger partial charge on any atom is 0.312 e. The molecule has 154 valence electrons. The second kappa shape index (κ2) is 8.47. The van der Waals surface area contributed by atoms with E-state index in [1.807, 2.05) is 22.6 Å². The van der Waals surface area contributed by atoms with E-state index in [0.717, 1.165) is 4.57 Å². The molecule has 1 amide bonds. The highest BCUT2D eigenvalue weighted by Gasteiger charge is 2.26. The van der Waals surface area contributed by atoms with Crippen LogP contribution in [0.5, 0.6) is 0 Å². The van der Waals surface area contributed by atoms with Gasteiger partial charge in [-0.15, -0.1) is 0 Å². The number of hydrogen-bond acceptors (Lipinski definition) is 6. The van der Waals surface area contributed by atoms with Gasteiger partial charge in [0, 0.05) is 16.7 Å². The van der Waals surface area contributed by atoms with Crippen molar-refractivity contribution in [2.75, 3.05) is 11.9 Å². The van der Waals surface area contributed by atoms with Gasteiger partial charge in [-0.25, -0.2) is 14.3 Å². The topological polar surface area (TPSA) is 106 Å². The number of carbonyl (C=O) groups is 1. The van der Waals surface area contributed by atoms with Crippen LogP contribution in [0.15, 0.2) is 33.5 Å². The number of rotatable bonds is 6. The van der Waals surface area contributed by atoms with E-state index in [9.17, 15) is 23.5 Å². The van der Waals surface area contributed by atoms with Gasteiger partial charge in [0.05, 0.1) is 11.8 Å². The Hall–Kier alpha value is -2.51. The maximum atomic E-state index is 14.3. The minimum Gasteiger partial charge on any atom is -0.444 e. The number of aryl methyl sites for hydroxylation is 1. The fourth-order valence-corrected chi connectivity index (χ4v) is 3.01. The average molecular weight is 519 g/mol. The number of nitrogens with one attached hydrogen (secondary N) is 2. The first-order chi connectivity index (χ1) is 13.7. The molecule has 0 spiro atoms. The molecule has 1 aromatic carbocycles. The molecule has 0 aliphatic heterocycles. The largest absolute Gasteiger partial charge is 0.444 e. The maximum absolute atomic E-state index is 14.3. The molecule has 0 bridgehead atoms. The third-order valence-electron chi connectivity index (χ3n) is 3.90. The predicted molar refractivity (Wildman–Crippen MR) is 109 cm³/mol. The number of carbonyl (C=O) groups excluding carboxylic acids is 1. The second-order valence-corrected chi connectivity index (χ2v) is 7.46. The SMILES string of the molecule is C[C@H](O)CONC(=O)c1oc2c(F)cc(=O)n(C)c2c1Nc1ccc(I)cc1F. The van der Waals surface area contributed by atoms with Crippen molar-refractivity contribution < 1.29 is 27.9 Å². The van der Waals surface area contributed by atoms with Crippen LogP contribution in [-0.4, -0.2) is 28.3 Å². The molecule has 0 fully saturated rings. The summed E-state index contributed by atoms with van der Waals surface area (Å²) in [5, 5.41) is 11.9. The van der Waals surface area contributed by atoms with Crippen molar-refractivity contribution in [1.82, 2.24) is 10.0 Å². The Morgan fingerprint density at radius 2 is 2.07 bits per heavy atom. The van der Waals surface area contributed by atoms with Gasteiger partial charge >= 0.3 is 5.91 Å². The molecule has 0 saturated heterocycles. The summed E-state index contributed by atoms with van der Waals surface area (Å²) in [5.41, 5.74) is 0.831. The molecule has 3 aromatic rings. The Bertz CT molecular complexity index is 1140. The van der Waals surface area contributed by atoms with Gasteiger partial charge < -0.3 is 19.4 Å². The molecule has 3 N–H and O–H groups in total. The summed E-state index contributed by atoms with van der Waals surface area (Å²) in [6, 6.07) is 5.03. The Morgan fingerprint density at radius 3 is 2.72 bits per heavy atom. The van der Waals surface area contributed by atoms with Crippen molar-refractivity contribution in [3.05, 3.63) is 55.6 Å². The molecule has 2 aromatic heterocycles. The lowest BCUT2D eigenvalue weighted by Gasteiger charge is -2.10. The van der Waals surface area contributed by atoms with Gasteiger partial charge in [0.1, 0.15) is 23.6 Å². The zero-order chi connectivity index (χ0) is 21.3.